The SMILES string of the molecule is CSC1(CNCC(C)c2ccccc2)CCCCC1. The molecule has 1 nitrogen and oxygen atoms in total. The molecule has 0 aromatic heterocycles. The zero-order valence-electron chi connectivity index (χ0n) is 12.3. The third-order valence-corrected chi connectivity index (χ3v) is 5.88. The zero-order chi connectivity index (χ0) is 13.6. The van der Waals surface area contributed by atoms with Crippen LogP contribution in [0, 0.1) is 0 Å². The molecule has 0 heterocycles. The highest BCUT2D eigenvalue weighted by Gasteiger charge is 2.30. The number of thioether (sulfide) groups is 1. The van der Waals surface area contributed by atoms with Gasteiger partial charge in [0.2, 0.25) is 0 Å². The third-order valence-electron chi connectivity index (χ3n) is 4.46. The Balaban J connectivity index is 1.79. The van der Waals surface area contributed by atoms with Gasteiger partial charge in [0.25, 0.3) is 0 Å². The maximum absolute atomic E-state index is 3.72. The van der Waals surface area contributed by atoms with Crippen LogP contribution >= 0.6 is 11.8 Å². The topological polar surface area (TPSA) is 12.0 Å². The Morgan fingerprint density at radius 2 is 1.84 bits per heavy atom. The number of rotatable bonds is 6. The van der Waals surface area contributed by atoms with E-state index in [4.69, 9.17) is 0 Å². The van der Waals surface area contributed by atoms with Crippen molar-refractivity contribution in [2.75, 3.05) is 19.3 Å². The summed E-state index contributed by atoms with van der Waals surface area (Å²) in [6, 6.07) is 10.8. The zero-order valence-corrected chi connectivity index (χ0v) is 13.1. The molecule has 1 fully saturated rings. The first-order valence-electron chi connectivity index (χ1n) is 7.57. The standard InChI is InChI=1S/C17H27NS/c1-15(16-9-5-3-6-10-16)13-18-14-17(19-2)11-7-4-8-12-17/h3,5-6,9-10,15,18H,4,7-8,11-14H2,1-2H3. The molecular weight excluding hydrogens is 250 g/mol. The van der Waals surface area contributed by atoms with E-state index in [1.807, 2.05) is 0 Å². The molecule has 0 amide bonds. The van der Waals surface area contributed by atoms with E-state index in [1.165, 1.54) is 44.2 Å². The maximum Gasteiger partial charge on any atom is 0.0281 e. The van der Waals surface area contributed by atoms with Crippen LogP contribution in [-0.4, -0.2) is 24.1 Å². The van der Waals surface area contributed by atoms with E-state index in [1.54, 1.807) is 0 Å². The fourth-order valence-corrected chi connectivity index (χ4v) is 4.01. The summed E-state index contributed by atoms with van der Waals surface area (Å²) in [6.45, 7) is 4.58. The van der Waals surface area contributed by atoms with Crippen molar-refractivity contribution in [2.45, 2.75) is 49.7 Å². The molecule has 2 heteroatoms. The molecule has 1 aromatic carbocycles. The second-order valence-electron chi connectivity index (χ2n) is 5.89. The summed E-state index contributed by atoms with van der Waals surface area (Å²) in [7, 11) is 0. The molecule has 0 aliphatic heterocycles. The molecule has 106 valence electrons. The molecule has 0 radical (unpaired) electrons. The molecule has 1 atom stereocenters. The molecule has 1 aromatic rings. The molecule has 0 saturated heterocycles. The summed E-state index contributed by atoms with van der Waals surface area (Å²) in [4.78, 5) is 0. The Hall–Kier alpha value is -0.470. The summed E-state index contributed by atoms with van der Waals surface area (Å²) in [6.07, 6.45) is 9.33. The van der Waals surface area contributed by atoms with Crippen LogP contribution < -0.4 is 5.32 Å². The lowest BCUT2D eigenvalue weighted by Gasteiger charge is -2.36. The molecule has 1 saturated carbocycles. The maximum atomic E-state index is 3.72. The van der Waals surface area contributed by atoms with E-state index in [2.05, 4.69) is 60.6 Å². The molecule has 1 unspecified atom stereocenters. The van der Waals surface area contributed by atoms with Gasteiger partial charge in [-0.25, -0.2) is 0 Å². The Labute approximate surface area is 122 Å². The van der Waals surface area contributed by atoms with Gasteiger partial charge in [0, 0.05) is 17.8 Å². The summed E-state index contributed by atoms with van der Waals surface area (Å²) in [5, 5.41) is 3.72. The Kier molecular flexibility index (Phi) is 5.77. The minimum absolute atomic E-state index is 0.509. The van der Waals surface area contributed by atoms with Crippen LogP contribution in [0.3, 0.4) is 0 Å². The second kappa shape index (κ2) is 7.35. The summed E-state index contributed by atoms with van der Waals surface area (Å²) >= 11 is 2.08. The van der Waals surface area contributed by atoms with Crippen LogP contribution in [0.5, 0.6) is 0 Å². The van der Waals surface area contributed by atoms with Crippen LogP contribution in [0.25, 0.3) is 0 Å². The molecule has 0 bridgehead atoms. The van der Waals surface area contributed by atoms with Gasteiger partial charge in [-0.2, -0.15) is 11.8 Å². The average Bonchev–Trinajstić information content (AvgIpc) is 2.49. The number of hydrogen-bond donors (Lipinski definition) is 1. The number of nitrogens with one attached hydrogen (secondary N) is 1. The monoisotopic (exact) mass is 277 g/mol. The summed E-state index contributed by atoms with van der Waals surface area (Å²) < 4.78 is 0.509. The third kappa shape index (κ3) is 4.25. The van der Waals surface area contributed by atoms with Crippen molar-refractivity contribution in [3.8, 4) is 0 Å². The van der Waals surface area contributed by atoms with Crippen molar-refractivity contribution in [1.29, 1.82) is 0 Å². The van der Waals surface area contributed by atoms with Gasteiger partial charge in [0.15, 0.2) is 0 Å². The van der Waals surface area contributed by atoms with Gasteiger partial charge in [-0.1, -0.05) is 56.5 Å². The largest absolute Gasteiger partial charge is 0.315 e. The molecule has 1 aliphatic carbocycles. The minimum atomic E-state index is 0.509. The van der Waals surface area contributed by atoms with Gasteiger partial charge in [-0.15, -0.1) is 0 Å². The van der Waals surface area contributed by atoms with Gasteiger partial charge in [-0.05, 0) is 30.6 Å². The fraction of sp³-hybridized carbons (Fsp3) is 0.647. The van der Waals surface area contributed by atoms with Crippen molar-refractivity contribution in [2.24, 2.45) is 0 Å². The minimum Gasteiger partial charge on any atom is -0.315 e. The van der Waals surface area contributed by atoms with E-state index in [0.717, 1.165) is 6.54 Å². The molecular formula is C17H27NS. The normalized spacial score (nSPS) is 20.1. The number of benzene rings is 1. The van der Waals surface area contributed by atoms with Crippen molar-refractivity contribution in [3.05, 3.63) is 35.9 Å². The van der Waals surface area contributed by atoms with E-state index in [9.17, 15) is 0 Å². The number of hydrogen-bond acceptors (Lipinski definition) is 2. The van der Waals surface area contributed by atoms with E-state index in [0.29, 0.717) is 10.7 Å². The first-order chi connectivity index (χ1) is 9.26. The second-order valence-corrected chi connectivity index (χ2v) is 7.16. The highest BCUT2D eigenvalue weighted by atomic mass is 32.2. The van der Waals surface area contributed by atoms with Crippen LogP contribution in [-0.2, 0) is 0 Å². The highest BCUT2D eigenvalue weighted by molar-refractivity contribution is 8.00. The first-order valence-corrected chi connectivity index (χ1v) is 8.79. The quantitative estimate of drug-likeness (QED) is 0.824. The summed E-state index contributed by atoms with van der Waals surface area (Å²) in [5.74, 6) is 0.601. The van der Waals surface area contributed by atoms with Crippen LogP contribution in [0.15, 0.2) is 30.3 Å². The van der Waals surface area contributed by atoms with Crippen molar-refractivity contribution >= 4 is 11.8 Å². The van der Waals surface area contributed by atoms with Crippen molar-refractivity contribution in [3.63, 3.8) is 0 Å². The summed E-state index contributed by atoms with van der Waals surface area (Å²) in [5.41, 5.74) is 1.44. The molecule has 1 N–H and O–H groups in total. The lowest BCUT2D eigenvalue weighted by Crippen LogP contribution is -2.40. The smallest absolute Gasteiger partial charge is 0.0281 e. The highest BCUT2D eigenvalue weighted by Crippen LogP contribution is 2.38. The molecule has 19 heavy (non-hydrogen) atoms. The lowest BCUT2D eigenvalue weighted by molar-refractivity contribution is 0.377. The van der Waals surface area contributed by atoms with Gasteiger partial charge >= 0.3 is 0 Å². The van der Waals surface area contributed by atoms with Crippen LogP contribution in [0.2, 0.25) is 0 Å². The van der Waals surface area contributed by atoms with Gasteiger partial charge in [-0.3, -0.25) is 0 Å². The Morgan fingerprint density at radius 3 is 2.47 bits per heavy atom. The fourth-order valence-electron chi connectivity index (χ4n) is 3.07. The van der Waals surface area contributed by atoms with Gasteiger partial charge < -0.3 is 5.32 Å². The van der Waals surface area contributed by atoms with Crippen molar-refractivity contribution < 1.29 is 0 Å². The van der Waals surface area contributed by atoms with Crippen LogP contribution in [0.4, 0.5) is 0 Å². The lowest BCUT2D eigenvalue weighted by atomic mass is 9.88. The molecule has 0 spiro atoms. The Morgan fingerprint density at radius 1 is 1.16 bits per heavy atom. The molecule has 2 rings (SSSR count). The van der Waals surface area contributed by atoms with E-state index in [-0.39, 0.29) is 0 Å². The average molecular weight is 277 g/mol. The van der Waals surface area contributed by atoms with E-state index < -0.39 is 0 Å². The predicted molar refractivity (Wildman–Crippen MR) is 87.1 cm³/mol. The first kappa shape index (κ1) is 14.9. The Bertz CT molecular complexity index is 357. The van der Waals surface area contributed by atoms with Crippen molar-refractivity contribution in [1.82, 2.24) is 5.32 Å². The predicted octanol–water partition coefficient (Wildman–Crippen LogP) is 4.45. The van der Waals surface area contributed by atoms with Crippen LogP contribution in [0.1, 0.15) is 50.5 Å². The molecule has 1 aliphatic rings. The van der Waals surface area contributed by atoms with Gasteiger partial charge in [0.1, 0.15) is 0 Å². The van der Waals surface area contributed by atoms with Gasteiger partial charge in [0.05, 0.1) is 0 Å². The van der Waals surface area contributed by atoms with E-state index >= 15 is 0 Å².